The molecule has 0 bridgehead atoms. The van der Waals surface area contributed by atoms with Crippen LogP contribution in [0.1, 0.15) is 30.4 Å². The minimum absolute atomic E-state index is 0.346. The first-order valence-corrected chi connectivity index (χ1v) is 9.27. The molecule has 3 rings (SSSR count). The molecule has 0 aromatic heterocycles. The van der Waals surface area contributed by atoms with Crippen molar-refractivity contribution in [1.82, 2.24) is 5.32 Å². The van der Waals surface area contributed by atoms with Crippen LogP contribution in [0, 0.1) is 0 Å². The van der Waals surface area contributed by atoms with Gasteiger partial charge in [-0.3, -0.25) is 9.59 Å². The lowest BCUT2D eigenvalue weighted by Gasteiger charge is -2.23. The molecule has 0 saturated heterocycles. The largest absolute Gasteiger partial charge is 0.481 e. The molecule has 2 aromatic carbocycles. The van der Waals surface area contributed by atoms with Crippen molar-refractivity contribution in [3.8, 4) is 0 Å². The summed E-state index contributed by atoms with van der Waals surface area (Å²) in [4.78, 5) is 37.0. The number of anilines is 2. The van der Waals surface area contributed by atoms with Crippen LogP contribution in [-0.2, 0) is 22.6 Å². The van der Waals surface area contributed by atoms with Gasteiger partial charge in [0.1, 0.15) is 6.42 Å². The second-order valence-electron chi connectivity index (χ2n) is 6.71. The third kappa shape index (κ3) is 5.09. The molecule has 0 saturated carbocycles. The van der Waals surface area contributed by atoms with E-state index in [1.165, 1.54) is 4.90 Å². The first-order chi connectivity index (χ1) is 13.5. The van der Waals surface area contributed by atoms with E-state index in [0.717, 1.165) is 30.4 Å². The summed E-state index contributed by atoms with van der Waals surface area (Å²) in [6.45, 7) is 0.879. The number of aryl methyl sites for hydroxylation is 1. The predicted molar refractivity (Wildman–Crippen MR) is 106 cm³/mol. The molecule has 3 N–H and O–H groups in total. The molecular weight excluding hydrogens is 358 g/mol. The fraction of sp³-hybridized carbons (Fsp3) is 0.286. The van der Waals surface area contributed by atoms with Crippen molar-refractivity contribution < 1.29 is 19.5 Å². The molecule has 0 radical (unpaired) electrons. The van der Waals surface area contributed by atoms with Crippen LogP contribution in [0.2, 0.25) is 0 Å². The highest BCUT2D eigenvalue weighted by Crippen LogP contribution is 2.30. The maximum absolute atomic E-state index is 12.4. The number of benzene rings is 2. The lowest BCUT2D eigenvalue weighted by atomic mass is 10.1. The number of nitrogens with one attached hydrogen (secondary N) is 2. The van der Waals surface area contributed by atoms with Crippen molar-refractivity contribution in [1.29, 1.82) is 0 Å². The Morgan fingerprint density at radius 1 is 1.04 bits per heavy atom. The second-order valence-corrected chi connectivity index (χ2v) is 6.71. The van der Waals surface area contributed by atoms with E-state index in [9.17, 15) is 14.4 Å². The van der Waals surface area contributed by atoms with Crippen LogP contribution in [0.25, 0.3) is 0 Å². The van der Waals surface area contributed by atoms with Crippen LogP contribution in [0.3, 0.4) is 0 Å². The van der Waals surface area contributed by atoms with E-state index in [-0.39, 0.29) is 6.03 Å². The minimum atomic E-state index is -1.15. The Morgan fingerprint density at radius 2 is 1.82 bits per heavy atom. The Labute approximate surface area is 163 Å². The molecule has 3 amide bonds. The van der Waals surface area contributed by atoms with Gasteiger partial charge in [-0.1, -0.05) is 36.4 Å². The first-order valence-electron chi connectivity index (χ1n) is 9.27. The molecule has 0 aliphatic carbocycles. The number of amides is 3. The van der Waals surface area contributed by atoms with Crippen molar-refractivity contribution in [2.45, 2.75) is 32.2 Å². The van der Waals surface area contributed by atoms with E-state index in [2.05, 4.69) is 10.6 Å². The van der Waals surface area contributed by atoms with Crippen LogP contribution >= 0.6 is 0 Å². The number of hydrogen-bond acceptors (Lipinski definition) is 3. The summed E-state index contributed by atoms with van der Waals surface area (Å²) in [5.41, 5.74) is 3.19. The lowest BCUT2D eigenvalue weighted by Crippen LogP contribution is -2.33. The predicted octanol–water partition coefficient (Wildman–Crippen LogP) is 3.15. The number of nitrogens with zero attached hydrogens (tertiary/aromatic N) is 1. The normalized spacial score (nSPS) is 13.2. The standard InChI is InChI=1S/C21H23N3O4/c25-19(13-20(26)27)24-11-5-4-8-16-9-10-17(12-18(16)24)23-21(28)22-14-15-6-2-1-3-7-15/h1-3,6-7,9-10,12H,4-5,8,11,13-14H2,(H,26,27)(H2,22,23,28). The third-order valence-corrected chi connectivity index (χ3v) is 4.61. The van der Waals surface area contributed by atoms with Gasteiger partial charge in [0.25, 0.3) is 0 Å². The van der Waals surface area contributed by atoms with Crippen molar-refractivity contribution >= 4 is 29.3 Å². The summed E-state index contributed by atoms with van der Waals surface area (Å²) < 4.78 is 0. The number of carboxylic acids is 1. The molecule has 7 nitrogen and oxygen atoms in total. The highest BCUT2D eigenvalue weighted by molar-refractivity contribution is 6.04. The van der Waals surface area contributed by atoms with Crippen molar-refractivity contribution in [2.24, 2.45) is 0 Å². The van der Waals surface area contributed by atoms with Gasteiger partial charge in [-0.2, -0.15) is 0 Å². The summed E-state index contributed by atoms with van der Waals surface area (Å²) in [6, 6.07) is 14.7. The van der Waals surface area contributed by atoms with Gasteiger partial charge in [0.15, 0.2) is 0 Å². The molecule has 1 heterocycles. The third-order valence-electron chi connectivity index (χ3n) is 4.61. The summed E-state index contributed by atoms with van der Waals surface area (Å²) >= 11 is 0. The maximum atomic E-state index is 12.4. The van der Waals surface area contributed by atoms with Gasteiger partial charge >= 0.3 is 12.0 Å². The van der Waals surface area contributed by atoms with E-state index < -0.39 is 18.3 Å². The fourth-order valence-corrected chi connectivity index (χ4v) is 3.25. The van der Waals surface area contributed by atoms with Gasteiger partial charge in [0, 0.05) is 24.5 Å². The molecule has 28 heavy (non-hydrogen) atoms. The number of urea groups is 1. The quantitative estimate of drug-likeness (QED) is 0.693. The van der Waals surface area contributed by atoms with E-state index in [4.69, 9.17) is 5.11 Å². The van der Waals surface area contributed by atoms with Gasteiger partial charge in [0.05, 0.1) is 0 Å². The molecule has 1 aliphatic heterocycles. The summed E-state index contributed by atoms with van der Waals surface area (Å²) in [5.74, 6) is -1.59. The van der Waals surface area contributed by atoms with Crippen LogP contribution in [0.5, 0.6) is 0 Å². The topological polar surface area (TPSA) is 98.7 Å². The summed E-state index contributed by atoms with van der Waals surface area (Å²) in [5, 5.41) is 14.5. The molecular formula is C21H23N3O4. The molecule has 0 atom stereocenters. The second kappa shape index (κ2) is 9.03. The Hall–Kier alpha value is -3.35. The molecule has 146 valence electrons. The van der Waals surface area contributed by atoms with Crippen molar-refractivity contribution in [2.75, 3.05) is 16.8 Å². The Bertz CT molecular complexity index is 867. The Balaban J connectivity index is 1.71. The number of aliphatic carboxylic acids is 1. The highest BCUT2D eigenvalue weighted by Gasteiger charge is 2.23. The fourth-order valence-electron chi connectivity index (χ4n) is 3.25. The molecule has 0 spiro atoms. The summed E-state index contributed by atoms with van der Waals surface area (Å²) in [7, 11) is 0. The van der Waals surface area contributed by atoms with E-state index in [1.54, 1.807) is 12.1 Å². The number of carboxylic acid groups (broad SMARTS) is 1. The molecule has 0 fully saturated rings. The number of fused-ring (bicyclic) bond motifs is 1. The average molecular weight is 381 g/mol. The minimum Gasteiger partial charge on any atom is -0.481 e. The van der Waals surface area contributed by atoms with E-state index >= 15 is 0 Å². The zero-order chi connectivity index (χ0) is 19.9. The van der Waals surface area contributed by atoms with Crippen molar-refractivity contribution in [3.63, 3.8) is 0 Å². The molecule has 1 aliphatic rings. The smallest absolute Gasteiger partial charge is 0.319 e. The zero-order valence-electron chi connectivity index (χ0n) is 15.5. The van der Waals surface area contributed by atoms with Gasteiger partial charge < -0.3 is 20.6 Å². The lowest BCUT2D eigenvalue weighted by molar-refractivity contribution is -0.140. The van der Waals surface area contributed by atoms with Gasteiger partial charge in [-0.15, -0.1) is 0 Å². The van der Waals surface area contributed by atoms with E-state index in [0.29, 0.717) is 24.5 Å². The Morgan fingerprint density at radius 3 is 2.57 bits per heavy atom. The Kier molecular flexibility index (Phi) is 6.26. The average Bonchev–Trinajstić information content (AvgIpc) is 2.89. The first kappa shape index (κ1) is 19.4. The summed E-state index contributed by atoms with van der Waals surface area (Å²) in [6.07, 6.45) is 2.00. The monoisotopic (exact) mass is 381 g/mol. The number of carbonyl (C=O) groups excluding carboxylic acids is 2. The number of hydrogen-bond donors (Lipinski definition) is 3. The van der Waals surface area contributed by atoms with Crippen LogP contribution in [0.15, 0.2) is 48.5 Å². The SMILES string of the molecule is O=C(O)CC(=O)N1CCCCc2ccc(NC(=O)NCc3ccccc3)cc21. The van der Waals surface area contributed by atoms with Crippen molar-refractivity contribution in [3.05, 3.63) is 59.7 Å². The number of rotatable bonds is 5. The van der Waals surface area contributed by atoms with Gasteiger partial charge in [0.2, 0.25) is 5.91 Å². The molecule has 0 unspecified atom stereocenters. The number of carbonyl (C=O) groups is 3. The highest BCUT2D eigenvalue weighted by atomic mass is 16.4. The van der Waals surface area contributed by atoms with Crippen LogP contribution < -0.4 is 15.5 Å². The zero-order valence-corrected chi connectivity index (χ0v) is 15.5. The van der Waals surface area contributed by atoms with Gasteiger partial charge in [-0.05, 0) is 42.5 Å². The van der Waals surface area contributed by atoms with Crippen LogP contribution in [-0.4, -0.2) is 29.6 Å². The van der Waals surface area contributed by atoms with Crippen LogP contribution in [0.4, 0.5) is 16.2 Å². The molecule has 7 heteroatoms. The van der Waals surface area contributed by atoms with Gasteiger partial charge in [-0.25, -0.2) is 4.79 Å². The van der Waals surface area contributed by atoms with E-state index in [1.807, 2.05) is 36.4 Å². The maximum Gasteiger partial charge on any atom is 0.319 e. The molecule has 2 aromatic rings.